The molecule has 0 bridgehead atoms. The van der Waals surface area contributed by atoms with Crippen LogP contribution in [-0.2, 0) is 57.3 Å². The Balaban J connectivity index is -0.0000000665. The first kappa shape index (κ1) is 62.9. The van der Waals surface area contributed by atoms with E-state index in [-0.39, 0.29) is 0 Å². The molecule has 0 aliphatic rings. The van der Waals surface area contributed by atoms with E-state index < -0.39 is 22.4 Å². The van der Waals surface area contributed by atoms with Gasteiger partial charge in [0.05, 0.1) is 0 Å². The molecule has 0 heterocycles. The zero-order valence-electron chi connectivity index (χ0n) is 30.7. The van der Waals surface area contributed by atoms with E-state index in [0.29, 0.717) is 50.3 Å². The predicted molar refractivity (Wildman–Crippen MR) is 196 cm³/mol. The van der Waals surface area contributed by atoms with Gasteiger partial charge in [0.15, 0.2) is 72.7 Å². The van der Waals surface area contributed by atoms with E-state index in [9.17, 15) is 38.4 Å². The predicted octanol–water partition coefficient (Wildman–Crippen LogP) is 4.98. The van der Waals surface area contributed by atoms with Crippen LogP contribution in [0.3, 0.4) is 0 Å². The number of rotatable bonds is 16. The van der Waals surface area contributed by atoms with Crippen molar-refractivity contribution >= 4 is 50.3 Å². The summed E-state index contributed by atoms with van der Waals surface area (Å²) in [6.07, 6.45) is 19.1. The molecular weight excluding hydrogens is 636 g/mol. The summed E-state index contributed by atoms with van der Waals surface area (Å²) in [6, 6.07) is 0. The minimum Gasteiger partial charge on any atom is -0.363 e. The van der Waals surface area contributed by atoms with E-state index in [2.05, 4.69) is 65.0 Å². The Bertz CT molecular complexity index is 795. The summed E-state index contributed by atoms with van der Waals surface area (Å²) in [5, 5.41) is 0. The maximum absolute atomic E-state index is 9.93. The molecule has 0 atom stereocenters. The first-order chi connectivity index (χ1) is 22.9. The number of carbonyl (C=O) groups excluding carboxylic acids is 8. The lowest BCUT2D eigenvalue weighted by molar-refractivity contribution is -0.137. The van der Waals surface area contributed by atoms with Crippen molar-refractivity contribution < 1.29 is 57.3 Å². The standard InChI is InChI=1S/4C5H8O3.C5H8.3C4H6/c4*1-5(3-6,4-7)8-2;1-3-5-4-2;3*1-3-4-2/h4*3-4H,1-2H3;3-5H,1H2,2H3;3*3-4H,1-2H2. The van der Waals surface area contributed by atoms with Crippen LogP contribution in [0, 0.1) is 0 Å². The van der Waals surface area contributed by atoms with Crippen LogP contribution in [0.15, 0.2) is 101 Å². The monoisotopic (exact) mass is 694 g/mol. The van der Waals surface area contributed by atoms with Crippen LogP contribution < -0.4 is 0 Å². The summed E-state index contributed by atoms with van der Waals surface area (Å²) < 4.78 is 18.0. The van der Waals surface area contributed by atoms with E-state index >= 15 is 0 Å². The van der Waals surface area contributed by atoms with Crippen molar-refractivity contribution in [3.8, 4) is 0 Å². The molecule has 49 heavy (non-hydrogen) atoms. The molecule has 0 aromatic rings. The van der Waals surface area contributed by atoms with Crippen LogP contribution in [0.1, 0.15) is 34.6 Å². The van der Waals surface area contributed by atoms with E-state index in [0.717, 1.165) is 0 Å². The molecule has 0 amide bonds. The summed E-state index contributed by atoms with van der Waals surface area (Å²) in [7, 11) is 5.23. The van der Waals surface area contributed by atoms with Gasteiger partial charge in [-0.3, -0.25) is 38.4 Å². The van der Waals surface area contributed by atoms with Gasteiger partial charge in [-0.1, -0.05) is 101 Å². The van der Waals surface area contributed by atoms with Crippen molar-refractivity contribution in [3.63, 3.8) is 0 Å². The molecule has 0 aromatic carbocycles. The third-order valence-electron chi connectivity index (χ3n) is 4.46. The number of carbonyl (C=O) groups is 8. The Hall–Kier alpha value is -4.88. The zero-order valence-corrected chi connectivity index (χ0v) is 30.7. The van der Waals surface area contributed by atoms with Crippen LogP contribution in [0.2, 0.25) is 0 Å². The summed E-state index contributed by atoms with van der Waals surface area (Å²) in [4.78, 5) is 79.5. The minimum atomic E-state index is -1.24. The molecule has 0 saturated heterocycles. The fraction of sp³-hybridized carbons (Fsp3) is 0.351. The normalized spacial score (nSPS) is 9.16. The molecule has 0 N–H and O–H groups in total. The molecule has 0 spiro atoms. The average molecular weight is 695 g/mol. The summed E-state index contributed by atoms with van der Waals surface area (Å²) in [5.74, 6) is 0. The van der Waals surface area contributed by atoms with Gasteiger partial charge < -0.3 is 18.9 Å². The zero-order chi connectivity index (χ0) is 40.8. The Morgan fingerprint density at radius 1 is 0.347 bits per heavy atom. The van der Waals surface area contributed by atoms with Crippen LogP contribution in [0.4, 0.5) is 0 Å². The van der Waals surface area contributed by atoms with Crippen molar-refractivity contribution in [2.75, 3.05) is 28.4 Å². The van der Waals surface area contributed by atoms with Gasteiger partial charge in [-0.25, -0.2) is 0 Å². The second-order valence-electron chi connectivity index (χ2n) is 8.67. The molecule has 0 aliphatic heterocycles. The lowest BCUT2D eigenvalue weighted by Gasteiger charge is -2.10. The smallest absolute Gasteiger partial charge is 0.175 e. The van der Waals surface area contributed by atoms with E-state index in [1.165, 1.54) is 56.1 Å². The molecule has 0 radical (unpaired) electrons. The molecule has 0 saturated carbocycles. The third kappa shape index (κ3) is 55.9. The highest BCUT2D eigenvalue weighted by molar-refractivity contribution is 5.88. The first-order valence-electron chi connectivity index (χ1n) is 13.7. The number of allylic oxidation sites excluding steroid dienone is 9. The van der Waals surface area contributed by atoms with Crippen LogP contribution in [-0.4, -0.2) is 101 Å². The lowest BCUT2D eigenvalue weighted by atomic mass is 10.2. The fourth-order valence-electron chi connectivity index (χ4n) is 0.632. The van der Waals surface area contributed by atoms with Crippen molar-refractivity contribution in [2.24, 2.45) is 0 Å². The molecule has 0 rings (SSSR count). The van der Waals surface area contributed by atoms with E-state index in [1.807, 2.05) is 19.1 Å². The van der Waals surface area contributed by atoms with Crippen molar-refractivity contribution in [1.29, 1.82) is 0 Å². The third-order valence-corrected chi connectivity index (χ3v) is 4.46. The van der Waals surface area contributed by atoms with E-state index in [4.69, 9.17) is 0 Å². The lowest BCUT2D eigenvalue weighted by Crippen LogP contribution is -2.30. The summed E-state index contributed by atoms with van der Waals surface area (Å²) in [5.41, 5.74) is -4.94. The fourth-order valence-corrected chi connectivity index (χ4v) is 0.632. The largest absolute Gasteiger partial charge is 0.363 e. The van der Waals surface area contributed by atoms with Gasteiger partial charge in [-0.15, -0.1) is 0 Å². The minimum absolute atomic E-state index is 0.458. The second-order valence-corrected chi connectivity index (χ2v) is 8.67. The Morgan fingerprint density at radius 2 is 0.490 bits per heavy atom. The topological polar surface area (TPSA) is 173 Å². The summed E-state index contributed by atoms with van der Waals surface area (Å²) >= 11 is 0. The van der Waals surface area contributed by atoms with Crippen molar-refractivity contribution in [1.82, 2.24) is 0 Å². The number of aldehydes is 8. The Kier molecular flexibility index (Phi) is 61.0. The number of methoxy groups -OCH3 is 4. The molecule has 0 aromatic heterocycles. The van der Waals surface area contributed by atoms with Gasteiger partial charge in [0, 0.05) is 28.4 Å². The van der Waals surface area contributed by atoms with Crippen LogP contribution in [0.25, 0.3) is 0 Å². The average Bonchev–Trinajstić information content (AvgIpc) is 3.18. The molecule has 12 nitrogen and oxygen atoms in total. The van der Waals surface area contributed by atoms with Gasteiger partial charge in [-0.05, 0) is 34.6 Å². The number of hydrogen-bond donors (Lipinski definition) is 0. The van der Waals surface area contributed by atoms with Gasteiger partial charge in [-0.2, -0.15) is 0 Å². The highest BCUT2D eigenvalue weighted by atomic mass is 16.5. The SMILES string of the molecule is C=CC=C.C=CC=C.C=CC=C.C=CC=CC.COC(C)(C=O)C=O.COC(C)(C=O)C=O.COC(C)(C=O)C=O.COC(C)(C=O)C=O. The van der Waals surface area contributed by atoms with Gasteiger partial charge in [0.25, 0.3) is 0 Å². The van der Waals surface area contributed by atoms with Gasteiger partial charge in [0.1, 0.15) is 0 Å². The molecule has 0 aliphatic carbocycles. The molecule has 12 heteroatoms. The van der Waals surface area contributed by atoms with Crippen LogP contribution in [0.5, 0.6) is 0 Å². The second kappa shape index (κ2) is 47.5. The molecular formula is C37H58O12. The van der Waals surface area contributed by atoms with Gasteiger partial charge >= 0.3 is 0 Å². The number of hydrogen-bond acceptors (Lipinski definition) is 12. The highest BCUT2D eigenvalue weighted by Gasteiger charge is 2.21. The number of ether oxygens (including phenoxy) is 4. The maximum Gasteiger partial charge on any atom is 0.175 e. The first-order valence-corrected chi connectivity index (χ1v) is 13.7. The highest BCUT2D eigenvalue weighted by Crippen LogP contribution is 1.99. The summed E-state index contributed by atoms with van der Waals surface area (Å²) in [6.45, 7) is 31.2. The van der Waals surface area contributed by atoms with E-state index in [1.54, 1.807) is 42.5 Å². The van der Waals surface area contributed by atoms with Crippen molar-refractivity contribution in [2.45, 2.75) is 57.0 Å². The molecule has 278 valence electrons. The maximum atomic E-state index is 9.93. The Morgan fingerprint density at radius 3 is 0.490 bits per heavy atom. The molecule has 0 fully saturated rings. The van der Waals surface area contributed by atoms with Crippen molar-refractivity contribution in [3.05, 3.63) is 101 Å². The van der Waals surface area contributed by atoms with Crippen LogP contribution >= 0.6 is 0 Å². The van der Waals surface area contributed by atoms with Gasteiger partial charge in [0.2, 0.25) is 0 Å². The quantitative estimate of drug-likeness (QED) is 0.121. The Labute approximate surface area is 293 Å². The molecule has 0 unspecified atom stereocenters.